The molecule has 0 saturated carbocycles. The highest BCUT2D eigenvalue weighted by Crippen LogP contribution is 2.36. The predicted molar refractivity (Wildman–Crippen MR) is 98.6 cm³/mol. The lowest BCUT2D eigenvalue weighted by Gasteiger charge is -2.37. The summed E-state index contributed by atoms with van der Waals surface area (Å²) in [4.78, 5) is 15.4. The fraction of sp³-hybridized carbons (Fsp3) is 0.850. The third-order valence-corrected chi connectivity index (χ3v) is 7.04. The third-order valence-electron chi connectivity index (χ3n) is 7.04. The molecule has 142 valence electrons. The molecule has 3 fully saturated rings. The highest BCUT2D eigenvalue weighted by atomic mass is 16.2. The number of nitrogens with one attached hydrogen (secondary N) is 1. The number of amides is 1. The standard InChI is InChI=1S/C20H31N5O/c26-19(13-14-11-15-7-8-16(12-14)21-15)24-9-3-1-5-17(24)20-23-22-18-6-2-4-10-25(18)20/h14-17,21H,1-13H2. The molecule has 1 N–H and O–H groups in total. The summed E-state index contributed by atoms with van der Waals surface area (Å²) in [6, 6.07) is 1.47. The topological polar surface area (TPSA) is 63.1 Å². The fourth-order valence-electron chi connectivity index (χ4n) is 5.78. The van der Waals surface area contributed by atoms with Gasteiger partial charge in [0.05, 0.1) is 6.04 Å². The molecular weight excluding hydrogens is 326 g/mol. The second kappa shape index (κ2) is 6.95. The smallest absolute Gasteiger partial charge is 0.223 e. The molecular formula is C20H31N5O. The van der Waals surface area contributed by atoms with Crippen molar-refractivity contribution in [3.63, 3.8) is 0 Å². The second-order valence-corrected chi connectivity index (χ2v) is 8.86. The molecule has 6 heteroatoms. The van der Waals surface area contributed by atoms with Crippen molar-refractivity contribution < 1.29 is 4.79 Å². The Bertz CT molecular complexity index is 659. The van der Waals surface area contributed by atoms with Crippen molar-refractivity contribution in [3.8, 4) is 0 Å². The molecule has 5 rings (SSSR count). The first kappa shape index (κ1) is 16.7. The Balaban J connectivity index is 1.31. The summed E-state index contributed by atoms with van der Waals surface area (Å²) < 4.78 is 2.31. The minimum absolute atomic E-state index is 0.147. The van der Waals surface area contributed by atoms with Crippen LogP contribution in [0.5, 0.6) is 0 Å². The Morgan fingerprint density at radius 3 is 2.65 bits per heavy atom. The Morgan fingerprint density at radius 2 is 1.81 bits per heavy atom. The third kappa shape index (κ3) is 3.06. The molecule has 2 bridgehead atoms. The van der Waals surface area contributed by atoms with Crippen LogP contribution in [0.3, 0.4) is 0 Å². The number of piperidine rings is 2. The zero-order valence-corrected chi connectivity index (χ0v) is 15.7. The van der Waals surface area contributed by atoms with Crippen LogP contribution in [0.15, 0.2) is 0 Å². The minimum Gasteiger partial charge on any atom is -0.332 e. The summed E-state index contributed by atoms with van der Waals surface area (Å²) in [6.45, 7) is 1.91. The summed E-state index contributed by atoms with van der Waals surface area (Å²) in [5, 5.41) is 12.7. The van der Waals surface area contributed by atoms with Crippen molar-refractivity contribution in [3.05, 3.63) is 11.6 Å². The van der Waals surface area contributed by atoms with Gasteiger partial charge in [-0.3, -0.25) is 4.79 Å². The molecule has 4 aliphatic rings. The van der Waals surface area contributed by atoms with E-state index in [9.17, 15) is 4.79 Å². The average molecular weight is 358 g/mol. The molecule has 3 unspecified atom stereocenters. The van der Waals surface area contributed by atoms with Crippen molar-refractivity contribution in [1.82, 2.24) is 25.0 Å². The van der Waals surface area contributed by atoms with Gasteiger partial charge in [0.15, 0.2) is 5.82 Å². The van der Waals surface area contributed by atoms with Gasteiger partial charge in [0, 0.05) is 38.0 Å². The van der Waals surface area contributed by atoms with Crippen LogP contribution in [0.2, 0.25) is 0 Å². The number of nitrogens with zero attached hydrogens (tertiary/aromatic N) is 4. The van der Waals surface area contributed by atoms with E-state index in [0.717, 1.165) is 50.4 Å². The van der Waals surface area contributed by atoms with Crippen LogP contribution >= 0.6 is 0 Å². The van der Waals surface area contributed by atoms with Gasteiger partial charge in [-0.2, -0.15) is 0 Å². The highest BCUT2D eigenvalue weighted by Gasteiger charge is 2.37. The lowest BCUT2D eigenvalue weighted by Crippen LogP contribution is -2.43. The van der Waals surface area contributed by atoms with Gasteiger partial charge in [-0.25, -0.2) is 0 Å². The van der Waals surface area contributed by atoms with Crippen LogP contribution in [-0.2, 0) is 17.8 Å². The van der Waals surface area contributed by atoms with Gasteiger partial charge in [-0.15, -0.1) is 10.2 Å². The van der Waals surface area contributed by atoms with Crippen LogP contribution in [0.25, 0.3) is 0 Å². The van der Waals surface area contributed by atoms with Crippen LogP contribution in [0.1, 0.15) is 81.9 Å². The molecule has 3 atom stereocenters. The van der Waals surface area contributed by atoms with E-state index < -0.39 is 0 Å². The normalized spacial score (nSPS) is 33.9. The molecule has 0 aliphatic carbocycles. The van der Waals surface area contributed by atoms with E-state index in [1.165, 1.54) is 44.9 Å². The van der Waals surface area contributed by atoms with E-state index in [1.54, 1.807) is 0 Å². The van der Waals surface area contributed by atoms with Crippen molar-refractivity contribution in [2.45, 2.75) is 95.3 Å². The maximum atomic E-state index is 13.2. The summed E-state index contributed by atoms with van der Waals surface area (Å²) in [6.07, 6.45) is 12.5. The maximum Gasteiger partial charge on any atom is 0.223 e. The molecule has 1 amide bonds. The Hall–Kier alpha value is -1.43. The van der Waals surface area contributed by atoms with Crippen LogP contribution in [-0.4, -0.2) is 44.2 Å². The van der Waals surface area contributed by atoms with Crippen LogP contribution < -0.4 is 5.32 Å². The zero-order chi connectivity index (χ0) is 17.5. The molecule has 0 aromatic carbocycles. The molecule has 3 saturated heterocycles. The minimum atomic E-state index is 0.147. The lowest BCUT2D eigenvalue weighted by molar-refractivity contribution is -0.136. The molecule has 4 aliphatic heterocycles. The van der Waals surface area contributed by atoms with E-state index in [0.29, 0.717) is 23.9 Å². The molecule has 0 radical (unpaired) electrons. The summed E-state index contributed by atoms with van der Waals surface area (Å²) >= 11 is 0. The maximum absolute atomic E-state index is 13.2. The van der Waals surface area contributed by atoms with E-state index in [2.05, 4.69) is 25.0 Å². The first-order valence-electron chi connectivity index (χ1n) is 10.8. The largest absolute Gasteiger partial charge is 0.332 e. The second-order valence-electron chi connectivity index (χ2n) is 8.86. The van der Waals surface area contributed by atoms with Crippen LogP contribution in [0, 0.1) is 5.92 Å². The predicted octanol–water partition coefficient (Wildman–Crippen LogP) is 2.59. The number of hydrogen-bond donors (Lipinski definition) is 1. The fourth-order valence-corrected chi connectivity index (χ4v) is 5.78. The number of hydrogen-bond acceptors (Lipinski definition) is 4. The number of carbonyl (C=O) groups excluding carboxylic acids is 1. The lowest BCUT2D eigenvalue weighted by atomic mass is 9.88. The highest BCUT2D eigenvalue weighted by molar-refractivity contribution is 5.77. The molecule has 26 heavy (non-hydrogen) atoms. The van der Waals surface area contributed by atoms with Gasteiger partial charge in [0.2, 0.25) is 5.91 Å². The van der Waals surface area contributed by atoms with Crippen molar-refractivity contribution in [1.29, 1.82) is 0 Å². The Labute approximate surface area is 155 Å². The SMILES string of the molecule is O=C(CC1CC2CCC(C1)N2)N1CCCCC1c1nnc2n1CCCC2. The van der Waals surface area contributed by atoms with Gasteiger partial charge < -0.3 is 14.8 Å². The Kier molecular flexibility index (Phi) is 4.47. The van der Waals surface area contributed by atoms with Gasteiger partial charge in [0.25, 0.3) is 0 Å². The number of rotatable bonds is 3. The number of carbonyl (C=O) groups is 1. The van der Waals surface area contributed by atoms with Crippen molar-refractivity contribution in [2.75, 3.05) is 6.54 Å². The van der Waals surface area contributed by atoms with Gasteiger partial charge >= 0.3 is 0 Å². The van der Waals surface area contributed by atoms with Crippen LogP contribution in [0.4, 0.5) is 0 Å². The monoisotopic (exact) mass is 357 g/mol. The quantitative estimate of drug-likeness (QED) is 0.903. The number of aryl methyl sites for hydroxylation is 1. The summed E-state index contributed by atoms with van der Waals surface area (Å²) in [5.74, 6) is 3.10. The number of fused-ring (bicyclic) bond motifs is 3. The van der Waals surface area contributed by atoms with E-state index in [4.69, 9.17) is 0 Å². The van der Waals surface area contributed by atoms with E-state index in [-0.39, 0.29) is 6.04 Å². The first-order chi connectivity index (χ1) is 12.8. The zero-order valence-electron chi connectivity index (χ0n) is 15.7. The summed E-state index contributed by atoms with van der Waals surface area (Å²) in [7, 11) is 0. The van der Waals surface area contributed by atoms with Crippen molar-refractivity contribution in [2.24, 2.45) is 5.92 Å². The summed E-state index contributed by atoms with van der Waals surface area (Å²) in [5.41, 5.74) is 0. The average Bonchev–Trinajstić information content (AvgIpc) is 3.24. The van der Waals surface area contributed by atoms with Gasteiger partial charge in [-0.1, -0.05) is 0 Å². The molecule has 1 aromatic rings. The molecule has 1 aromatic heterocycles. The van der Waals surface area contributed by atoms with E-state index >= 15 is 0 Å². The molecule has 6 nitrogen and oxygen atoms in total. The number of likely N-dealkylation sites (tertiary alicyclic amines) is 1. The number of aromatic nitrogens is 3. The van der Waals surface area contributed by atoms with Gasteiger partial charge in [-0.05, 0) is 63.7 Å². The van der Waals surface area contributed by atoms with Crippen molar-refractivity contribution >= 4 is 5.91 Å². The van der Waals surface area contributed by atoms with E-state index in [1.807, 2.05) is 0 Å². The molecule has 5 heterocycles. The molecule has 0 spiro atoms. The first-order valence-corrected chi connectivity index (χ1v) is 10.8. The Morgan fingerprint density at radius 1 is 1.00 bits per heavy atom. The van der Waals surface area contributed by atoms with Gasteiger partial charge in [0.1, 0.15) is 5.82 Å².